The molecule has 3 N–H and O–H groups in total. The maximum Gasteiger partial charge on any atom is 0.340 e. The van der Waals surface area contributed by atoms with E-state index >= 15 is 0 Å². The van der Waals surface area contributed by atoms with Gasteiger partial charge in [0.05, 0.1) is 31.9 Å². The average molecular weight is 402 g/mol. The first-order valence-electron chi connectivity index (χ1n) is 9.37. The fourth-order valence-corrected chi connectivity index (χ4v) is 2.94. The van der Waals surface area contributed by atoms with Crippen LogP contribution in [-0.4, -0.2) is 54.1 Å². The Kier molecular flexibility index (Phi) is 7.55. The van der Waals surface area contributed by atoms with Crippen molar-refractivity contribution in [2.45, 2.75) is 33.2 Å². The predicted molar refractivity (Wildman–Crippen MR) is 107 cm³/mol. The number of hydrogen-bond acceptors (Lipinski definition) is 6. The molecule has 0 unspecified atom stereocenters. The number of aliphatic hydroxyl groups excluding tert-OH is 1. The number of hydrogen-bond donors (Lipinski definition) is 3. The summed E-state index contributed by atoms with van der Waals surface area (Å²) >= 11 is 0. The third kappa shape index (κ3) is 4.83. The molecule has 2 aromatic rings. The Balaban J connectivity index is 2.56. The number of esters is 1. The number of aromatic amines is 1. The first-order valence-corrected chi connectivity index (χ1v) is 9.37. The lowest BCUT2D eigenvalue weighted by molar-refractivity contribution is -0.118. The Bertz CT molecular complexity index is 881. The fraction of sp³-hybridized carbons (Fsp3) is 0.381. The van der Waals surface area contributed by atoms with Crippen LogP contribution in [0.5, 0.6) is 5.75 Å². The second-order valence-corrected chi connectivity index (χ2v) is 6.41. The maximum absolute atomic E-state index is 12.9. The molecule has 8 heteroatoms. The largest absolute Gasteiger partial charge is 0.497 e. The molecule has 0 aliphatic heterocycles. The summed E-state index contributed by atoms with van der Waals surface area (Å²) in [5, 5.41) is 11.8. The molecule has 0 bridgehead atoms. The van der Waals surface area contributed by atoms with Gasteiger partial charge in [0.25, 0.3) is 11.7 Å². The Morgan fingerprint density at radius 2 is 1.83 bits per heavy atom. The van der Waals surface area contributed by atoms with Gasteiger partial charge in [0.15, 0.2) is 0 Å². The summed E-state index contributed by atoms with van der Waals surface area (Å²) in [6, 6.07) is 6.25. The Hall–Kier alpha value is -3.13. The number of carbonyl (C=O) groups excluding carboxylic acids is 3. The molecule has 0 fully saturated rings. The number of carbonyl (C=O) groups is 3. The second kappa shape index (κ2) is 9.88. The molecule has 0 saturated carbocycles. The van der Waals surface area contributed by atoms with Crippen molar-refractivity contribution in [2.75, 3.05) is 20.3 Å². The molecule has 1 amide bonds. The highest BCUT2D eigenvalue weighted by molar-refractivity contribution is 6.44. The third-order valence-corrected chi connectivity index (χ3v) is 4.53. The van der Waals surface area contributed by atoms with Crippen LogP contribution in [0, 0.1) is 6.92 Å². The number of ketones is 1. The van der Waals surface area contributed by atoms with Crippen molar-refractivity contribution in [1.29, 1.82) is 0 Å². The summed E-state index contributed by atoms with van der Waals surface area (Å²) in [5.41, 5.74) is 1.45. The summed E-state index contributed by atoms with van der Waals surface area (Å²) in [6.07, 6.45) is 0.471. The molecule has 156 valence electrons. The molecule has 1 aromatic heterocycles. The normalized spacial score (nSPS) is 11.6. The van der Waals surface area contributed by atoms with E-state index in [4.69, 9.17) is 9.47 Å². The molecule has 1 heterocycles. The van der Waals surface area contributed by atoms with Crippen molar-refractivity contribution < 1.29 is 29.0 Å². The van der Waals surface area contributed by atoms with E-state index in [0.29, 0.717) is 29.0 Å². The average Bonchev–Trinajstić information content (AvgIpc) is 3.08. The fourth-order valence-electron chi connectivity index (χ4n) is 2.94. The van der Waals surface area contributed by atoms with E-state index in [1.165, 1.54) is 7.11 Å². The highest BCUT2D eigenvalue weighted by Gasteiger charge is 2.30. The molecule has 1 atom stereocenters. The number of amides is 1. The van der Waals surface area contributed by atoms with Gasteiger partial charge >= 0.3 is 5.97 Å². The van der Waals surface area contributed by atoms with E-state index < -0.39 is 23.7 Å². The van der Waals surface area contributed by atoms with Gasteiger partial charge in [-0.3, -0.25) is 9.59 Å². The number of H-pyrrole nitrogens is 1. The van der Waals surface area contributed by atoms with Crippen molar-refractivity contribution in [1.82, 2.24) is 10.3 Å². The number of nitrogens with one attached hydrogen (secondary N) is 2. The molecule has 0 aliphatic rings. The van der Waals surface area contributed by atoms with Crippen molar-refractivity contribution in [3.05, 3.63) is 41.2 Å². The molecule has 0 radical (unpaired) electrons. The van der Waals surface area contributed by atoms with Crippen LogP contribution in [-0.2, 0) is 9.53 Å². The first-order chi connectivity index (χ1) is 13.9. The van der Waals surface area contributed by atoms with Gasteiger partial charge in [-0.15, -0.1) is 0 Å². The molecule has 29 heavy (non-hydrogen) atoms. The molecular weight excluding hydrogens is 376 g/mol. The number of Topliss-reactive ketones (excluding diaryl/α,β-unsaturated/α-hetero) is 1. The zero-order valence-corrected chi connectivity index (χ0v) is 17.0. The first kappa shape index (κ1) is 22.2. The molecule has 8 nitrogen and oxygen atoms in total. The lowest BCUT2D eigenvalue weighted by Gasteiger charge is -2.13. The van der Waals surface area contributed by atoms with Crippen LogP contribution in [0.15, 0.2) is 24.3 Å². The van der Waals surface area contributed by atoms with E-state index in [9.17, 15) is 19.5 Å². The third-order valence-electron chi connectivity index (χ3n) is 4.53. The Morgan fingerprint density at radius 3 is 2.34 bits per heavy atom. The highest BCUT2D eigenvalue weighted by atomic mass is 16.5. The van der Waals surface area contributed by atoms with Gasteiger partial charge < -0.3 is 24.9 Å². The number of aliphatic hydroxyl groups is 1. The molecule has 0 aliphatic carbocycles. The van der Waals surface area contributed by atoms with Crippen LogP contribution in [0.2, 0.25) is 0 Å². The number of benzene rings is 1. The number of aromatic nitrogens is 1. The van der Waals surface area contributed by atoms with E-state index in [1.807, 2.05) is 0 Å². The smallest absolute Gasteiger partial charge is 0.340 e. The predicted octanol–water partition coefficient (Wildman–Crippen LogP) is 2.25. The van der Waals surface area contributed by atoms with Crippen molar-refractivity contribution >= 4 is 17.7 Å². The van der Waals surface area contributed by atoms with Gasteiger partial charge in [0, 0.05) is 11.3 Å². The summed E-state index contributed by atoms with van der Waals surface area (Å²) in [6.45, 7) is 5.00. The molecular formula is C21H26N2O6. The number of ether oxygens (including phenoxy) is 2. The highest BCUT2D eigenvalue weighted by Crippen LogP contribution is 2.32. The molecule has 2 rings (SSSR count). The topological polar surface area (TPSA) is 118 Å². The van der Waals surface area contributed by atoms with Crippen LogP contribution in [0.3, 0.4) is 0 Å². The summed E-state index contributed by atoms with van der Waals surface area (Å²) in [5.74, 6) is -1.68. The van der Waals surface area contributed by atoms with Gasteiger partial charge in [0.2, 0.25) is 0 Å². The van der Waals surface area contributed by atoms with Gasteiger partial charge in [-0.1, -0.05) is 19.1 Å². The summed E-state index contributed by atoms with van der Waals surface area (Å²) in [4.78, 5) is 40.7. The Morgan fingerprint density at radius 1 is 1.17 bits per heavy atom. The second-order valence-electron chi connectivity index (χ2n) is 6.41. The van der Waals surface area contributed by atoms with Crippen LogP contribution in [0.4, 0.5) is 0 Å². The Labute approximate surface area is 169 Å². The van der Waals surface area contributed by atoms with Gasteiger partial charge in [-0.25, -0.2) is 4.79 Å². The van der Waals surface area contributed by atoms with Crippen LogP contribution in [0.25, 0.3) is 11.1 Å². The van der Waals surface area contributed by atoms with E-state index in [-0.39, 0.29) is 24.5 Å². The maximum atomic E-state index is 12.9. The standard InChI is InChI=1S/C21H26N2O6/c1-5-14(11-24)23-20(26)19(25)18-17(13-7-9-15(28-4)10-8-13)16(12(3)22-18)21(27)29-6-2/h7-10,14,22,24H,5-6,11H2,1-4H3,(H,23,26)/t14-/m1/s1. The zero-order chi connectivity index (χ0) is 21.6. The minimum absolute atomic E-state index is 0.0130. The minimum atomic E-state index is -0.864. The minimum Gasteiger partial charge on any atom is -0.497 e. The SMILES string of the molecule is CCOC(=O)c1c(C)[nH]c(C(=O)C(=O)N[C@H](CC)CO)c1-c1ccc(OC)cc1. The molecule has 1 aromatic carbocycles. The summed E-state index contributed by atoms with van der Waals surface area (Å²) in [7, 11) is 1.53. The quantitative estimate of drug-likeness (QED) is 0.336. The molecule has 0 saturated heterocycles. The zero-order valence-electron chi connectivity index (χ0n) is 17.0. The monoisotopic (exact) mass is 402 g/mol. The van der Waals surface area contributed by atoms with E-state index in [2.05, 4.69) is 10.3 Å². The van der Waals surface area contributed by atoms with E-state index in [1.54, 1.807) is 45.0 Å². The van der Waals surface area contributed by atoms with Crippen LogP contribution < -0.4 is 10.1 Å². The van der Waals surface area contributed by atoms with Crippen LogP contribution in [0.1, 0.15) is 46.8 Å². The van der Waals surface area contributed by atoms with Crippen molar-refractivity contribution in [3.8, 4) is 16.9 Å². The van der Waals surface area contributed by atoms with Crippen LogP contribution >= 0.6 is 0 Å². The molecule has 0 spiro atoms. The van der Waals surface area contributed by atoms with Gasteiger partial charge in [0.1, 0.15) is 11.4 Å². The van der Waals surface area contributed by atoms with Crippen molar-refractivity contribution in [2.24, 2.45) is 0 Å². The number of aryl methyl sites for hydroxylation is 1. The van der Waals surface area contributed by atoms with E-state index in [0.717, 1.165) is 0 Å². The lowest BCUT2D eigenvalue weighted by atomic mass is 9.98. The lowest BCUT2D eigenvalue weighted by Crippen LogP contribution is -2.41. The van der Waals surface area contributed by atoms with Crippen molar-refractivity contribution in [3.63, 3.8) is 0 Å². The number of rotatable bonds is 9. The van der Waals surface area contributed by atoms with Gasteiger partial charge in [-0.2, -0.15) is 0 Å². The number of methoxy groups -OCH3 is 1. The summed E-state index contributed by atoms with van der Waals surface area (Å²) < 4.78 is 10.3. The van der Waals surface area contributed by atoms with Gasteiger partial charge in [-0.05, 0) is 38.0 Å².